The van der Waals surface area contributed by atoms with E-state index < -0.39 is 0 Å². The molecule has 1 aliphatic heterocycles. The van der Waals surface area contributed by atoms with E-state index in [1.165, 1.54) is 5.56 Å². The lowest BCUT2D eigenvalue weighted by atomic mass is 10.1. The van der Waals surface area contributed by atoms with Gasteiger partial charge in [0.2, 0.25) is 11.9 Å². The second kappa shape index (κ2) is 8.58. The summed E-state index contributed by atoms with van der Waals surface area (Å²) >= 11 is 0. The largest absolute Gasteiger partial charge is 0.352 e. The summed E-state index contributed by atoms with van der Waals surface area (Å²) in [5.41, 5.74) is 2.36. The van der Waals surface area contributed by atoms with Crippen LogP contribution >= 0.6 is 0 Å². The quantitative estimate of drug-likeness (QED) is 0.866. The van der Waals surface area contributed by atoms with Crippen LogP contribution in [0.4, 0.5) is 5.95 Å². The molecule has 1 saturated heterocycles. The minimum absolute atomic E-state index is 0.107. The number of anilines is 1. The number of benzene rings is 1. The lowest BCUT2D eigenvalue weighted by molar-refractivity contribution is -0.121. The first-order valence-electron chi connectivity index (χ1n) is 8.77. The average molecular weight is 339 g/mol. The van der Waals surface area contributed by atoms with Gasteiger partial charge in [-0.3, -0.25) is 9.69 Å². The average Bonchev–Trinajstić information content (AvgIpc) is 2.66. The second-order valence-electron chi connectivity index (χ2n) is 6.39. The third-order valence-corrected chi connectivity index (χ3v) is 4.43. The molecule has 2 aromatic rings. The SMILES string of the molecule is Cc1cccc(CNC(=O)CCN2CCN(c3ncccn3)CC2)c1. The number of aryl methyl sites for hydroxylation is 1. The molecule has 0 spiro atoms. The monoisotopic (exact) mass is 339 g/mol. The predicted molar refractivity (Wildman–Crippen MR) is 98.3 cm³/mol. The molecule has 1 aliphatic rings. The lowest BCUT2D eigenvalue weighted by Crippen LogP contribution is -2.47. The molecule has 1 amide bonds. The fourth-order valence-electron chi connectivity index (χ4n) is 3.00. The van der Waals surface area contributed by atoms with Gasteiger partial charge in [0.25, 0.3) is 0 Å². The van der Waals surface area contributed by atoms with E-state index in [4.69, 9.17) is 0 Å². The maximum atomic E-state index is 12.1. The normalized spacial score (nSPS) is 15.2. The summed E-state index contributed by atoms with van der Waals surface area (Å²) in [6, 6.07) is 10.1. The Hall–Kier alpha value is -2.47. The number of aromatic nitrogens is 2. The van der Waals surface area contributed by atoms with Crippen molar-refractivity contribution in [2.75, 3.05) is 37.6 Å². The molecule has 1 fully saturated rings. The first-order valence-corrected chi connectivity index (χ1v) is 8.77. The number of nitrogens with zero attached hydrogens (tertiary/aromatic N) is 4. The maximum Gasteiger partial charge on any atom is 0.225 e. The highest BCUT2D eigenvalue weighted by Gasteiger charge is 2.19. The molecular formula is C19H25N5O. The fraction of sp³-hybridized carbons (Fsp3) is 0.421. The van der Waals surface area contributed by atoms with Crippen LogP contribution in [0.1, 0.15) is 17.5 Å². The number of nitrogens with one attached hydrogen (secondary N) is 1. The summed E-state index contributed by atoms with van der Waals surface area (Å²) in [4.78, 5) is 25.2. The van der Waals surface area contributed by atoms with Crippen molar-refractivity contribution in [3.05, 3.63) is 53.9 Å². The molecule has 6 heteroatoms. The van der Waals surface area contributed by atoms with E-state index in [1.54, 1.807) is 12.4 Å². The van der Waals surface area contributed by atoms with Gasteiger partial charge in [-0.25, -0.2) is 9.97 Å². The van der Waals surface area contributed by atoms with Crippen LogP contribution in [0.3, 0.4) is 0 Å². The van der Waals surface area contributed by atoms with E-state index in [2.05, 4.69) is 44.1 Å². The van der Waals surface area contributed by atoms with Crippen LogP contribution in [0.5, 0.6) is 0 Å². The molecule has 132 valence electrons. The van der Waals surface area contributed by atoms with E-state index in [-0.39, 0.29) is 5.91 Å². The molecule has 6 nitrogen and oxygen atoms in total. The highest BCUT2D eigenvalue weighted by atomic mass is 16.1. The van der Waals surface area contributed by atoms with Crippen molar-refractivity contribution in [1.82, 2.24) is 20.2 Å². The molecule has 0 bridgehead atoms. The molecule has 2 heterocycles. The van der Waals surface area contributed by atoms with Gasteiger partial charge >= 0.3 is 0 Å². The van der Waals surface area contributed by atoms with Gasteiger partial charge in [0.15, 0.2) is 0 Å². The van der Waals surface area contributed by atoms with Gasteiger partial charge in [0.05, 0.1) is 0 Å². The Bertz CT molecular complexity index is 683. The first-order chi connectivity index (χ1) is 12.2. The van der Waals surface area contributed by atoms with Gasteiger partial charge in [0.1, 0.15) is 0 Å². The Morgan fingerprint density at radius 1 is 1.12 bits per heavy atom. The summed E-state index contributed by atoms with van der Waals surface area (Å²) in [7, 11) is 0. The van der Waals surface area contributed by atoms with Crippen LogP contribution in [-0.4, -0.2) is 53.5 Å². The van der Waals surface area contributed by atoms with Gasteiger partial charge in [-0.15, -0.1) is 0 Å². The van der Waals surface area contributed by atoms with Crippen molar-refractivity contribution in [3.63, 3.8) is 0 Å². The fourth-order valence-corrected chi connectivity index (χ4v) is 3.00. The van der Waals surface area contributed by atoms with Crippen LogP contribution in [0.15, 0.2) is 42.7 Å². The van der Waals surface area contributed by atoms with E-state index in [0.717, 1.165) is 44.2 Å². The van der Waals surface area contributed by atoms with Crippen LogP contribution in [0, 0.1) is 6.92 Å². The van der Waals surface area contributed by atoms with E-state index >= 15 is 0 Å². The zero-order valence-electron chi connectivity index (χ0n) is 14.7. The van der Waals surface area contributed by atoms with Gasteiger partial charge < -0.3 is 10.2 Å². The molecule has 0 radical (unpaired) electrons. The summed E-state index contributed by atoms with van der Waals surface area (Å²) < 4.78 is 0. The number of rotatable bonds is 6. The Kier molecular flexibility index (Phi) is 5.95. The topological polar surface area (TPSA) is 61.4 Å². The van der Waals surface area contributed by atoms with Crippen molar-refractivity contribution in [2.24, 2.45) is 0 Å². The predicted octanol–water partition coefficient (Wildman–Crippen LogP) is 1.61. The van der Waals surface area contributed by atoms with E-state index in [1.807, 2.05) is 18.2 Å². The Balaban J connectivity index is 1.36. The van der Waals surface area contributed by atoms with Crippen molar-refractivity contribution in [3.8, 4) is 0 Å². The highest BCUT2D eigenvalue weighted by Crippen LogP contribution is 2.10. The zero-order valence-corrected chi connectivity index (χ0v) is 14.7. The number of amides is 1. The van der Waals surface area contributed by atoms with Crippen LogP contribution in [0.25, 0.3) is 0 Å². The summed E-state index contributed by atoms with van der Waals surface area (Å²) in [5.74, 6) is 0.897. The summed E-state index contributed by atoms with van der Waals surface area (Å²) in [6.45, 7) is 7.12. The zero-order chi connectivity index (χ0) is 17.5. The third kappa shape index (κ3) is 5.26. The van der Waals surface area contributed by atoms with Crippen molar-refractivity contribution >= 4 is 11.9 Å². The Labute approximate surface area is 148 Å². The summed E-state index contributed by atoms with van der Waals surface area (Å²) in [5, 5.41) is 3.00. The number of hydrogen-bond donors (Lipinski definition) is 1. The maximum absolute atomic E-state index is 12.1. The van der Waals surface area contributed by atoms with Gasteiger partial charge in [-0.2, -0.15) is 0 Å². The molecule has 3 rings (SSSR count). The minimum atomic E-state index is 0.107. The second-order valence-corrected chi connectivity index (χ2v) is 6.39. The number of carbonyl (C=O) groups is 1. The molecule has 1 aromatic heterocycles. The van der Waals surface area contributed by atoms with Crippen LogP contribution in [-0.2, 0) is 11.3 Å². The first kappa shape index (κ1) is 17.4. The van der Waals surface area contributed by atoms with Gasteiger partial charge in [0, 0.05) is 58.1 Å². The molecular weight excluding hydrogens is 314 g/mol. The molecule has 25 heavy (non-hydrogen) atoms. The van der Waals surface area contributed by atoms with Crippen molar-refractivity contribution in [2.45, 2.75) is 19.9 Å². The Morgan fingerprint density at radius 2 is 1.88 bits per heavy atom. The number of piperazine rings is 1. The molecule has 0 aliphatic carbocycles. The smallest absolute Gasteiger partial charge is 0.225 e. The molecule has 0 saturated carbocycles. The molecule has 1 N–H and O–H groups in total. The van der Waals surface area contributed by atoms with Crippen molar-refractivity contribution < 1.29 is 4.79 Å². The van der Waals surface area contributed by atoms with E-state index in [0.29, 0.717) is 13.0 Å². The Morgan fingerprint density at radius 3 is 2.60 bits per heavy atom. The standard InChI is InChI=1S/C19H25N5O/c1-16-4-2-5-17(14-16)15-22-18(25)6-9-23-10-12-24(13-11-23)19-20-7-3-8-21-19/h2-5,7-8,14H,6,9-13,15H2,1H3,(H,22,25). The van der Waals surface area contributed by atoms with Crippen LogP contribution in [0.2, 0.25) is 0 Å². The van der Waals surface area contributed by atoms with Crippen LogP contribution < -0.4 is 10.2 Å². The summed E-state index contributed by atoms with van der Waals surface area (Å²) in [6.07, 6.45) is 4.08. The number of carbonyl (C=O) groups excluding carboxylic acids is 1. The molecule has 0 atom stereocenters. The molecule has 1 aromatic carbocycles. The number of hydrogen-bond acceptors (Lipinski definition) is 5. The highest BCUT2D eigenvalue weighted by molar-refractivity contribution is 5.76. The molecule has 0 unspecified atom stereocenters. The van der Waals surface area contributed by atoms with E-state index in [9.17, 15) is 4.79 Å². The van der Waals surface area contributed by atoms with Crippen molar-refractivity contribution in [1.29, 1.82) is 0 Å². The minimum Gasteiger partial charge on any atom is -0.352 e. The lowest BCUT2D eigenvalue weighted by Gasteiger charge is -2.34. The van der Waals surface area contributed by atoms with Gasteiger partial charge in [-0.1, -0.05) is 29.8 Å². The third-order valence-electron chi connectivity index (χ3n) is 4.43. The van der Waals surface area contributed by atoms with Gasteiger partial charge in [-0.05, 0) is 18.6 Å².